The monoisotopic (exact) mass is 155 g/mol. The van der Waals surface area contributed by atoms with Gasteiger partial charge >= 0.3 is 0 Å². The molecule has 0 spiro atoms. The number of ether oxygens (including phenoxy) is 1. The van der Waals surface area contributed by atoms with Crippen LogP contribution in [0.3, 0.4) is 0 Å². The molecular weight excluding hydrogens is 142 g/mol. The predicted octanol–water partition coefficient (Wildman–Crippen LogP) is 0.146. The second-order valence-electron chi connectivity index (χ2n) is 2.28. The van der Waals surface area contributed by atoms with Crippen molar-refractivity contribution in [3.8, 4) is 0 Å². The summed E-state index contributed by atoms with van der Waals surface area (Å²) in [5.74, 6) is 0. The van der Waals surface area contributed by atoms with Gasteiger partial charge in [0.15, 0.2) is 0 Å². The molecule has 0 aromatic carbocycles. The van der Waals surface area contributed by atoms with E-state index in [1.165, 1.54) is 5.56 Å². The first-order chi connectivity index (χ1) is 5.43. The van der Waals surface area contributed by atoms with Gasteiger partial charge in [0.1, 0.15) is 0 Å². The first-order valence-electron chi connectivity index (χ1n) is 3.61. The Balaban J connectivity index is 2.04. The third kappa shape index (κ3) is 3.15. The number of rotatable bonds is 5. The minimum atomic E-state index is 0.748. The fraction of sp³-hybridized carbons (Fsp3) is 0.571. The molecule has 11 heavy (non-hydrogen) atoms. The van der Waals surface area contributed by atoms with Gasteiger partial charge in [-0.2, -0.15) is 5.10 Å². The lowest BCUT2D eigenvalue weighted by Gasteiger charge is -2.00. The Labute approximate surface area is 66.0 Å². The molecule has 1 aromatic rings. The number of hydrogen-bond donors (Lipinski definition) is 2. The standard InChI is InChI=1S/C7H13N3O/c1-11-3-2-8-4-7-5-9-10-6-7/h5-6,8H,2-4H2,1H3,(H,9,10). The average Bonchev–Trinajstić information content (AvgIpc) is 2.50. The van der Waals surface area contributed by atoms with Crippen molar-refractivity contribution in [1.29, 1.82) is 0 Å². The van der Waals surface area contributed by atoms with Crippen molar-refractivity contribution in [3.63, 3.8) is 0 Å². The molecule has 0 aliphatic rings. The zero-order chi connectivity index (χ0) is 7.94. The normalized spacial score (nSPS) is 10.3. The van der Waals surface area contributed by atoms with E-state index in [4.69, 9.17) is 4.74 Å². The van der Waals surface area contributed by atoms with E-state index in [2.05, 4.69) is 15.5 Å². The molecule has 0 bridgehead atoms. The van der Waals surface area contributed by atoms with Crippen LogP contribution >= 0.6 is 0 Å². The Morgan fingerprint density at radius 2 is 2.64 bits per heavy atom. The predicted molar refractivity (Wildman–Crippen MR) is 42.2 cm³/mol. The van der Waals surface area contributed by atoms with Crippen molar-refractivity contribution >= 4 is 0 Å². The maximum atomic E-state index is 4.88. The lowest BCUT2D eigenvalue weighted by Crippen LogP contribution is -2.18. The molecule has 2 N–H and O–H groups in total. The second kappa shape index (κ2) is 4.87. The summed E-state index contributed by atoms with van der Waals surface area (Å²) < 4.78 is 4.88. The molecule has 0 saturated heterocycles. The van der Waals surface area contributed by atoms with Gasteiger partial charge < -0.3 is 10.1 Å². The van der Waals surface area contributed by atoms with Gasteiger partial charge in [0, 0.05) is 32.0 Å². The Hall–Kier alpha value is -0.870. The number of methoxy groups -OCH3 is 1. The summed E-state index contributed by atoms with van der Waals surface area (Å²) >= 11 is 0. The molecular formula is C7H13N3O. The van der Waals surface area contributed by atoms with Gasteiger partial charge in [-0.15, -0.1) is 0 Å². The summed E-state index contributed by atoms with van der Waals surface area (Å²) in [5.41, 5.74) is 1.17. The van der Waals surface area contributed by atoms with E-state index in [9.17, 15) is 0 Å². The third-order valence-corrected chi connectivity index (χ3v) is 1.37. The minimum Gasteiger partial charge on any atom is -0.383 e. The number of nitrogens with one attached hydrogen (secondary N) is 2. The van der Waals surface area contributed by atoms with Crippen LogP contribution in [0.5, 0.6) is 0 Å². The first-order valence-corrected chi connectivity index (χ1v) is 3.61. The molecule has 0 saturated carbocycles. The largest absolute Gasteiger partial charge is 0.383 e. The highest BCUT2D eigenvalue weighted by atomic mass is 16.5. The summed E-state index contributed by atoms with van der Waals surface area (Å²) in [5, 5.41) is 9.78. The highest BCUT2D eigenvalue weighted by Crippen LogP contribution is 1.90. The van der Waals surface area contributed by atoms with Crippen LogP contribution in [-0.4, -0.2) is 30.5 Å². The van der Waals surface area contributed by atoms with Gasteiger partial charge in [-0.3, -0.25) is 5.10 Å². The van der Waals surface area contributed by atoms with Gasteiger partial charge in [0.25, 0.3) is 0 Å². The number of hydrogen-bond acceptors (Lipinski definition) is 3. The van der Waals surface area contributed by atoms with E-state index in [1.807, 2.05) is 6.20 Å². The van der Waals surface area contributed by atoms with Crippen LogP contribution in [0.2, 0.25) is 0 Å². The lowest BCUT2D eigenvalue weighted by molar-refractivity contribution is 0.199. The van der Waals surface area contributed by atoms with E-state index in [0.717, 1.165) is 19.7 Å². The Morgan fingerprint density at radius 3 is 3.27 bits per heavy atom. The van der Waals surface area contributed by atoms with Crippen molar-refractivity contribution in [1.82, 2.24) is 15.5 Å². The molecule has 0 atom stereocenters. The zero-order valence-electron chi connectivity index (χ0n) is 6.63. The molecule has 0 aliphatic heterocycles. The number of aromatic nitrogens is 2. The van der Waals surface area contributed by atoms with Crippen LogP contribution in [0.15, 0.2) is 12.4 Å². The number of aromatic amines is 1. The molecule has 0 unspecified atom stereocenters. The fourth-order valence-electron chi connectivity index (χ4n) is 0.781. The third-order valence-electron chi connectivity index (χ3n) is 1.37. The van der Waals surface area contributed by atoms with Crippen LogP contribution in [-0.2, 0) is 11.3 Å². The maximum absolute atomic E-state index is 4.88. The van der Waals surface area contributed by atoms with Crippen LogP contribution in [0, 0.1) is 0 Å². The van der Waals surface area contributed by atoms with Crippen LogP contribution in [0.1, 0.15) is 5.56 Å². The van der Waals surface area contributed by atoms with Crippen molar-refractivity contribution < 1.29 is 4.74 Å². The summed E-state index contributed by atoms with van der Waals surface area (Å²) in [6, 6.07) is 0. The Kier molecular flexibility index (Phi) is 3.64. The van der Waals surface area contributed by atoms with Crippen LogP contribution < -0.4 is 5.32 Å². The Morgan fingerprint density at radius 1 is 1.73 bits per heavy atom. The van der Waals surface area contributed by atoms with Crippen molar-refractivity contribution in [3.05, 3.63) is 18.0 Å². The minimum absolute atomic E-state index is 0.748. The molecule has 0 aliphatic carbocycles. The Bertz CT molecular complexity index is 174. The molecule has 1 aromatic heterocycles. The first kappa shape index (κ1) is 8.23. The van der Waals surface area contributed by atoms with Crippen LogP contribution in [0.25, 0.3) is 0 Å². The topological polar surface area (TPSA) is 49.9 Å². The van der Waals surface area contributed by atoms with Crippen molar-refractivity contribution in [2.24, 2.45) is 0 Å². The van der Waals surface area contributed by atoms with Gasteiger partial charge in [0.2, 0.25) is 0 Å². The summed E-state index contributed by atoms with van der Waals surface area (Å²) in [4.78, 5) is 0. The molecule has 0 radical (unpaired) electrons. The van der Waals surface area contributed by atoms with Gasteiger partial charge in [-0.25, -0.2) is 0 Å². The summed E-state index contributed by atoms with van der Waals surface area (Å²) in [7, 11) is 1.69. The molecule has 62 valence electrons. The highest BCUT2D eigenvalue weighted by molar-refractivity contribution is 5.01. The van der Waals surface area contributed by atoms with Gasteiger partial charge in [-0.1, -0.05) is 0 Å². The van der Waals surface area contributed by atoms with Crippen LogP contribution in [0.4, 0.5) is 0 Å². The fourth-order valence-corrected chi connectivity index (χ4v) is 0.781. The van der Waals surface area contributed by atoms with E-state index in [1.54, 1.807) is 13.3 Å². The zero-order valence-corrected chi connectivity index (χ0v) is 6.63. The number of H-pyrrole nitrogens is 1. The summed E-state index contributed by atoms with van der Waals surface area (Å²) in [6.45, 7) is 2.47. The second-order valence-corrected chi connectivity index (χ2v) is 2.28. The van der Waals surface area contributed by atoms with Crippen molar-refractivity contribution in [2.45, 2.75) is 6.54 Å². The van der Waals surface area contributed by atoms with Gasteiger partial charge in [0.05, 0.1) is 12.8 Å². The molecule has 1 heterocycles. The SMILES string of the molecule is COCCNCc1cn[nH]c1. The van der Waals surface area contributed by atoms with E-state index in [0.29, 0.717) is 0 Å². The molecule has 4 nitrogen and oxygen atoms in total. The summed E-state index contributed by atoms with van der Waals surface area (Å²) in [6.07, 6.45) is 3.68. The van der Waals surface area contributed by atoms with Gasteiger partial charge in [-0.05, 0) is 0 Å². The van der Waals surface area contributed by atoms with E-state index in [-0.39, 0.29) is 0 Å². The number of nitrogens with zero attached hydrogens (tertiary/aromatic N) is 1. The van der Waals surface area contributed by atoms with E-state index >= 15 is 0 Å². The van der Waals surface area contributed by atoms with Crippen molar-refractivity contribution in [2.75, 3.05) is 20.3 Å². The molecule has 1 rings (SSSR count). The maximum Gasteiger partial charge on any atom is 0.0587 e. The smallest absolute Gasteiger partial charge is 0.0587 e. The average molecular weight is 155 g/mol. The molecule has 4 heteroatoms. The quantitative estimate of drug-likeness (QED) is 0.595. The highest BCUT2D eigenvalue weighted by Gasteiger charge is 1.90. The van der Waals surface area contributed by atoms with E-state index < -0.39 is 0 Å². The molecule has 0 amide bonds. The lowest BCUT2D eigenvalue weighted by atomic mass is 10.4. The molecule has 0 fully saturated rings.